The summed E-state index contributed by atoms with van der Waals surface area (Å²) in [6.07, 6.45) is 2.15. The maximum absolute atomic E-state index is 12.5. The van der Waals surface area contributed by atoms with E-state index < -0.39 is 7.26 Å². The third-order valence-corrected chi connectivity index (χ3v) is 10.1. The molecule has 0 aliphatic rings. The number of nitrogens with one attached hydrogen (secondary N) is 3. The molecule has 0 fully saturated rings. The molecule has 34 heavy (non-hydrogen) atoms. The highest BCUT2D eigenvalue weighted by Gasteiger charge is 2.44. The molecule has 0 saturated heterocycles. The molecule has 0 aliphatic carbocycles. The lowest BCUT2D eigenvalue weighted by Gasteiger charge is -2.27. The molecule has 0 atom stereocenters. The molecule has 180 valence electrons. The third-order valence-electron chi connectivity index (χ3n) is 5.59. The molecule has 7 heteroatoms. The number of carbonyl (C=O) groups is 2. The van der Waals surface area contributed by atoms with Crippen LogP contribution in [0.1, 0.15) is 12.8 Å². The maximum atomic E-state index is 12.5. The van der Waals surface area contributed by atoms with E-state index in [9.17, 15) is 9.59 Å². The van der Waals surface area contributed by atoms with Crippen LogP contribution in [0.5, 0.6) is 0 Å². The molecule has 0 aromatic heterocycles. The largest absolute Gasteiger partial charge is 1.00 e. The summed E-state index contributed by atoms with van der Waals surface area (Å²) in [5, 5.41) is 12.5. The Balaban J connectivity index is 0.00000408. The Labute approximate surface area is 209 Å². The van der Waals surface area contributed by atoms with Crippen molar-refractivity contribution in [1.82, 2.24) is 16.0 Å². The van der Waals surface area contributed by atoms with E-state index in [2.05, 4.69) is 107 Å². The normalized spacial score (nSPS) is 10.7. The van der Waals surface area contributed by atoms with Gasteiger partial charge in [-0.1, -0.05) is 54.6 Å². The van der Waals surface area contributed by atoms with E-state index in [-0.39, 0.29) is 30.8 Å². The number of rotatable bonds is 12. The first-order chi connectivity index (χ1) is 16.2. The Morgan fingerprint density at radius 1 is 0.676 bits per heavy atom. The Morgan fingerprint density at radius 3 is 1.50 bits per heavy atom. The molecule has 0 radical (unpaired) electrons. The first-order valence-electron chi connectivity index (χ1n) is 11.4. The molecule has 0 unspecified atom stereocenters. The van der Waals surface area contributed by atoms with Crippen LogP contribution in [0.25, 0.3) is 0 Å². The minimum atomic E-state index is -1.91. The Hall–Kier alpha value is -2.72. The number of amides is 2. The first kappa shape index (κ1) is 27.5. The van der Waals surface area contributed by atoms with Crippen molar-refractivity contribution in [2.24, 2.45) is 0 Å². The zero-order chi connectivity index (χ0) is 23.4. The zero-order valence-electron chi connectivity index (χ0n) is 19.5. The predicted octanol–water partition coefficient (Wildman–Crippen LogP) is -0.783. The molecule has 0 heterocycles. The van der Waals surface area contributed by atoms with Crippen molar-refractivity contribution in [2.75, 3.05) is 32.8 Å². The van der Waals surface area contributed by atoms with Gasteiger partial charge in [0.15, 0.2) is 0 Å². The van der Waals surface area contributed by atoms with Gasteiger partial charge in [0.1, 0.15) is 23.2 Å². The Morgan fingerprint density at radius 2 is 1.09 bits per heavy atom. The molecule has 0 aliphatic heterocycles. The van der Waals surface area contributed by atoms with Gasteiger partial charge < -0.3 is 28.4 Å². The van der Waals surface area contributed by atoms with Gasteiger partial charge in [-0.15, -0.1) is 0 Å². The average molecular weight is 498 g/mol. The predicted molar refractivity (Wildman–Crippen MR) is 139 cm³/mol. The van der Waals surface area contributed by atoms with E-state index >= 15 is 0 Å². The topological polar surface area (TPSA) is 70.2 Å². The summed E-state index contributed by atoms with van der Waals surface area (Å²) >= 11 is 0. The van der Waals surface area contributed by atoms with Gasteiger partial charge in [0, 0.05) is 19.5 Å². The zero-order valence-corrected chi connectivity index (χ0v) is 21.2. The third kappa shape index (κ3) is 7.39. The van der Waals surface area contributed by atoms with Crippen LogP contribution in [0.3, 0.4) is 0 Å². The van der Waals surface area contributed by atoms with Gasteiger partial charge in [0.2, 0.25) is 11.8 Å². The van der Waals surface area contributed by atoms with Crippen molar-refractivity contribution in [3.63, 3.8) is 0 Å². The van der Waals surface area contributed by atoms with Gasteiger partial charge >= 0.3 is 0 Å². The van der Waals surface area contributed by atoms with Crippen LogP contribution in [-0.4, -0.2) is 44.7 Å². The Bertz CT molecular complexity index is 907. The SMILES string of the molecule is CNCC(=O)NCCNC(=O)CCC[P+](c1ccccc1)(c1ccccc1)c1ccccc1.[Cl-]. The summed E-state index contributed by atoms with van der Waals surface area (Å²) in [5.74, 6) is -0.0555. The van der Waals surface area contributed by atoms with Crippen molar-refractivity contribution in [3.05, 3.63) is 91.0 Å². The minimum Gasteiger partial charge on any atom is -1.00 e. The summed E-state index contributed by atoms with van der Waals surface area (Å²) in [5.41, 5.74) is 0. The highest BCUT2D eigenvalue weighted by atomic mass is 35.5. The summed E-state index contributed by atoms with van der Waals surface area (Å²) in [4.78, 5) is 24.0. The molecule has 0 spiro atoms. The van der Waals surface area contributed by atoms with Gasteiger partial charge in [-0.25, -0.2) is 0 Å². The number of likely N-dealkylation sites (N-methyl/N-ethyl adjacent to an activating group) is 1. The molecule has 2 amide bonds. The van der Waals surface area contributed by atoms with Crippen LogP contribution >= 0.6 is 7.26 Å². The molecular formula is C27H33ClN3O2P. The fourth-order valence-corrected chi connectivity index (χ4v) is 8.42. The molecule has 3 aromatic rings. The number of hydrogen-bond acceptors (Lipinski definition) is 3. The molecule has 3 aromatic carbocycles. The van der Waals surface area contributed by atoms with E-state index in [1.807, 2.05) is 0 Å². The van der Waals surface area contributed by atoms with Crippen LogP contribution in [0.4, 0.5) is 0 Å². The fraction of sp³-hybridized carbons (Fsp3) is 0.259. The quantitative estimate of drug-likeness (QED) is 0.227. The van der Waals surface area contributed by atoms with Crippen LogP contribution in [0.2, 0.25) is 0 Å². The number of hydrogen-bond donors (Lipinski definition) is 3. The molecule has 3 N–H and O–H groups in total. The highest BCUT2D eigenvalue weighted by molar-refractivity contribution is 7.95. The van der Waals surface area contributed by atoms with Crippen LogP contribution in [-0.2, 0) is 9.59 Å². The van der Waals surface area contributed by atoms with E-state index in [1.54, 1.807) is 7.05 Å². The van der Waals surface area contributed by atoms with Crippen molar-refractivity contribution in [2.45, 2.75) is 12.8 Å². The van der Waals surface area contributed by atoms with Crippen molar-refractivity contribution in [1.29, 1.82) is 0 Å². The van der Waals surface area contributed by atoms with Crippen molar-refractivity contribution < 1.29 is 22.0 Å². The molecular weight excluding hydrogens is 465 g/mol. The monoisotopic (exact) mass is 497 g/mol. The van der Waals surface area contributed by atoms with Crippen LogP contribution in [0.15, 0.2) is 91.0 Å². The second kappa shape index (κ2) is 14.5. The lowest BCUT2D eigenvalue weighted by atomic mass is 10.3. The fourth-order valence-electron chi connectivity index (χ4n) is 4.07. The second-order valence-corrected chi connectivity index (χ2v) is 11.5. The lowest BCUT2D eigenvalue weighted by Crippen LogP contribution is -3.00. The molecule has 5 nitrogen and oxygen atoms in total. The second-order valence-electron chi connectivity index (χ2n) is 7.87. The van der Waals surface area contributed by atoms with Crippen molar-refractivity contribution in [3.8, 4) is 0 Å². The number of halogens is 1. The highest BCUT2D eigenvalue weighted by Crippen LogP contribution is 2.55. The van der Waals surface area contributed by atoms with Crippen molar-refractivity contribution >= 4 is 35.0 Å². The standard InChI is InChI=1S/C27H32N3O2P.ClH/c1-28-22-27(32)30-20-19-29-26(31)18-11-21-33(23-12-5-2-6-13-23,24-14-7-3-8-15-24)25-16-9-4-10-17-25;/h2-10,12-17,28H,11,18-22H2,1H3,(H-,29,30,31,32);1H. The van der Waals surface area contributed by atoms with Crippen LogP contribution < -0.4 is 44.3 Å². The van der Waals surface area contributed by atoms with Crippen LogP contribution in [0, 0.1) is 0 Å². The van der Waals surface area contributed by atoms with E-state index in [1.165, 1.54) is 15.9 Å². The Kier molecular flexibility index (Phi) is 11.8. The molecule has 0 bridgehead atoms. The van der Waals surface area contributed by atoms with E-state index in [0.29, 0.717) is 19.5 Å². The summed E-state index contributed by atoms with van der Waals surface area (Å²) in [6.45, 7) is 1.14. The van der Waals surface area contributed by atoms with Gasteiger partial charge in [0.25, 0.3) is 0 Å². The molecule has 3 rings (SSSR count). The van der Waals surface area contributed by atoms with E-state index in [0.717, 1.165) is 12.6 Å². The summed E-state index contributed by atoms with van der Waals surface area (Å²) in [7, 11) is -0.179. The summed E-state index contributed by atoms with van der Waals surface area (Å²) in [6, 6.07) is 32.1. The van der Waals surface area contributed by atoms with Gasteiger partial charge in [-0.05, 0) is 49.9 Å². The van der Waals surface area contributed by atoms with Gasteiger partial charge in [-0.3, -0.25) is 9.59 Å². The maximum Gasteiger partial charge on any atom is 0.234 e. The van der Waals surface area contributed by atoms with E-state index in [4.69, 9.17) is 0 Å². The number of benzene rings is 3. The minimum absolute atomic E-state index is 0. The van der Waals surface area contributed by atoms with Gasteiger partial charge in [0.05, 0.1) is 12.7 Å². The van der Waals surface area contributed by atoms with Gasteiger partial charge in [-0.2, -0.15) is 0 Å². The smallest absolute Gasteiger partial charge is 0.234 e. The first-order valence-corrected chi connectivity index (χ1v) is 13.4. The number of carbonyl (C=O) groups excluding carboxylic acids is 2. The average Bonchev–Trinajstić information content (AvgIpc) is 2.86. The molecule has 0 saturated carbocycles. The summed E-state index contributed by atoms with van der Waals surface area (Å²) < 4.78 is 0. The lowest BCUT2D eigenvalue weighted by molar-refractivity contribution is -0.122.